The van der Waals surface area contributed by atoms with Crippen molar-refractivity contribution in [3.8, 4) is 0 Å². The lowest BCUT2D eigenvalue weighted by Crippen LogP contribution is -2.37. The highest BCUT2D eigenvalue weighted by atomic mass is 32.2. The van der Waals surface area contributed by atoms with Crippen LogP contribution < -0.4 is 14.9 Å². The molecule has 1 aliphatic heterocycles. The fraction of sp³-hybridized carbons (Fsp3) is 0.588. The van der Waals surface area contributed by atoms with E-state index in [4.69, 9.17) is 4.74 Å². The normalized spacial score (nSPS) is 15.0. The van der Waals surface area contributed by atoms with Gasteiger partial charge in [0.05, 0.1) is 13.2 Å². The largest absolute Gasteiger partial charge is 0.378 e. The Bertz CT molecular complexity index is 907. The predicted octanol–water partition coefficient (Wildman–Crippen LogP) is 0.537. The van der Waals surface area contributed by atoms with Gasteiger partial charge in [0.1, 0.15) is 23.3 Å². The molecule has 1 fully saturated rings. The molecule has 0 unspecified atom stereocenters. The Morgan fingerprint density at radius 1 is 1.14 bits per heavy atom. The summed E-state index contributed by atoms with van der Waals surface area (Å²) in [7, 11) is -3.64. The van der Waals surface area contributed by atoms with Crippen molar-refractivity contribution in [3.63, 3.8) is 0 Å². The number of aryl methyl sites for hydroxylation is 3. The van der Waals surface area contributed by atoms with Gasteiger partial charge in [0.2, 0.25) is 0 Å². The van der Waals surface area contributed by atoms with E-state index in [1.165, 1.54) is 0 Å². The third kappa shape index (κ3) is 4.97. The Labute approximate surface area is 165 Å². The molecule has 2 N–H and O–H groups in total. The van der Waals surface area contributed by atoms with Gasteiger partial charge in [0.25, 0.3) is 10.0 Å². The smallest absolute Gasteiger partial charge is 0.259 e. The van der Waals surface area contributed by atoms with Gasteiger partial charge in [-0.2, -0.15) is 0 Å². The summed E-state index contributed by atoms with van der Waals surface area (Å²) in [5.74, 6) is 2.85. The highest BCUT2D eigenvalue weighted by Crippen LogP contribution is 2.17. The van der Waals surface area contributed by atoms with Gasteiger partial charge in [-0.15, -0.1) is 0 Å². The van der Waals surface area contributed by atoms with Gasteiger partial charge in [-0.1, -0.05) is 0 Å². The Hall–Kier alpha value is -2.24. The van der Waals surface area contributed by atoms with Crippen LogP contribution in [0.15, 0.2) is 17.3 Å². The second kappa shape index (κ2) is 8.84. The lowest BCUT2D eigenvalue weighted by Gasteiger charge is -2.28. The van der Waals surface area contributed by atoms with E-state index in [9.17, 15) is 8.42 Å². The zero-order chi connectivity index (χ0) is 20.1. The summed E-state index contributed by atoms with van der Waals surface area (Å²) < 4.78 is 34.5. The first-order valence-corrected chi connectivity index (χ1v) is 10.8. The summed E-state index contributed by atoms with van der Waals surface area (Å²) in [6.45, 7) is 9.80. The summed E-state index contributed by atoms with van der Waals surface area (Å²) in [4.78, 5) is 15.1. The molecule has 10 nitrogen and oxygen atoms in total. The van der Waals surface area contributed by atoms with Gasteiger partial charge in [-0.25, -0.2) is 28.1 Å². The molecule has 3 heterocycles. The summed E-state index contributed by atoms with van der Waals surface area (Å²) in [5.41, 5.74) is 0. The fourth-order valence-electron chi connectivity index (χ4n) is 2.98. The van der Waals surface area contributed by atoms with Crippen molar-refractivity contribution in [2.24, 2.45) is 0 Å². The number of nitrogens with one attached hydrogen (secondary N) is 2. The molecular weight excluding hydrogens is 382 g/mol. The van der Waals surface area contributed by atoms with Gasteiger partial charge >= 0.3 is 0 Å². The van der Waals surface area contributed by atoms with E-state index in [0.717, 1.165) is 18.9 Å². The predicted molar refractivity (Wildman–Crippen MR) is 106 cm³/mol. The van der Waals surface area contributed by atoms with Crippen molar-refractivity contribution in [1.29, 1.82) is 0 Å². The van der Waals surface area contributed by atoms with Crippen molar-refractivity contribution >= 4 is 21.7 Å². The molecule has 3 rings (SSSR count). The molecule has 0 atom stereocenters. The second-order valence-electron chi connectivity index (χ2n) is 6.49. The molecule has 1 aliphatic rings. The SMILES string of the molecule is CCn1cc(S(=O)(=O)NCCNc2cc(N3CCOCC3)nc(C)n2)nc1C. The van der Waals surface area contributed by atoms with E-state index in [1.807, 2.05) is 19.9 Å². The Kier molecular flexibility index (Phi) is 6.47. The highest BCUT2D eigenvalue weighted by molar-refractivity contribution is 7.89. The topological polar surface area (TPSA) is 114 Å². The van der Waals surface area contributed by atoms with Crippen molar-refractivity contribution < 1.29 is 13.2 Å². The molecule has 0 amide bonds. The Morgan fingerprint density at radius 3 is 2.57 bits per heavy atom. The quantitative estimate of drug-likeness (QED) is 0.607. The molecule has 0 spiro atoms. The first kappa shape index (κ1) is 20.5. The minimum absolute atomic E-state index is 0.0411. The van der Waals surface area contributed by atoms with Crippen LogP contribution in [0.5, 0.6) is 0 Å². The van der Waals surface area contributed by atoms with Gasteiger partial charge in [0, 0.05) is 45.0 Å². The molecule has 0 aromatic carbocycles. The van der Waals surface area contributed by atoms with Crippen LogP contribution in [0.3, 0.4) is 0 Å². The minimum atomic E-state index is -3.64. The number of aromatic nitrogens is 4. The Balaban J connectivity index is 1.56. The molecule has 0 radical (unpaired) electrons. The van der Waals surface area contributed by atoms with Crippen molar-refractivity contribution in [1.82, 2.24) is 24.2 Å². The van der Waals surface area contributed by atoms with Crippen LogP contribution in [-0.2, 0) is 21.3 Å². The zero-order valence-corrected chi connectivity index (χ0v) is 17.3. The molecule has 28 heavy (non-hydrogen) atoms. The van der Waals surface area contributed by atoms with Gasteiger partial charge in [0.15, 0.2) is 5.03 Å². The first-order valence-electron chi connectivity index (χ1n) is 9.34. The van der Waals surface area contributed by atoms with E-state index in [1.54, 1.807) is 17.7 Å². The van der Waals surface area contributed by atoms with E-state index in [-0.39, 0.29) is 11.6 Å². The number of hydrogen-bond acceptors (Lipinski definition) is 8. The number of morpholine rings is 1. The first-order chi connectivity index (χ1) is 13.4. The second-order valence-corrected chi connectivity index (χ2v) is 8.21. The molecule has 2 aromatic rings. The lowest BCUT2D eigenvalue weighted by molar-refractivity contribution is 0.122. The highest BCUT2D eigenvalue weighted by Gasteiger charge is 2.18. The van der Waals surface area contributed by atoms with Gasteiger partial charge < -0.3 is 19.5 Å². The maximum absolute atomic E-state index is 12.4. The monoisotopic (exact) mass is 409 g/mol. The van der Waals surface area contributed by atoms with Crippen LogP contribution in [-0.4, -0.2) is 67.3 Å². The van der Waals surface area contributed by atoms with E-state index >= 15 is 0 Å². The summed E-state index contributed by atoms with van der Waals surface area (Å²) in [6.07, 6.45) is 1.55. The van der Waals surface area contributed by atoms with Crippen LogP contribution in [0.4, 0.5) is 11.6 Å². The number of imidazole rings is 1. The Morgan fingerprint density at radius 2 is 1.89 bits per heavy atom. The minimum Gasteiger partial charge on any atom is -0.378 e. The van der Waals surface area contributed by atoms with Crippen LogP contribution >= 0.6 is 0 Å². The number of nitrogens with zero attached hydrogens (tertiary/aromatic N) is 5. The molecular formula is C17H27N7O3S. The van der Waals surface area contributed by atoms with E-state index < -0.39 is 10.0 Å². The molecule has 1 saturated heterocycles. The van der Waals surface area contributed by atoms with Gasteiger partial charge in [-0.05, 0) is 20.8 Å². The maximum Gasteiger partial charge on any atom is 0.259 e. The van der Waals surface area contributed by atoms with Crippen molar-refractivity contribution in [2.75, 3.05) is 49.6 Å². The molecule has 2 aromatic heterocycles. The number of anilines is 2. The molecule has 154 valence electrons. The maximum atomic E-state index is 12.4. The summed E-state index contributed by atoms with van der Waals surface area (Å²) in [6, 6.07) is 1.87. The van der Waals surface area contributed by atoms with Crippen LogP contribution in [0, 0.1) is 13.8 Å². The standard InChI is InChI=1S/C17H27N7O3S/c1-4-23-12-17(22-14(23)3)28(25,26)19-6-5-18-15-11-16(21-13(2)20-15)24-7-9-27-10-8-24/h11-12,19H,4-10H2,1-3H3,(H,18,20,21). The van der Waals surface area contributed by atoms with E-state index in [0.29, 0.717) is 43.8 Å². The van der Waals surface area contributed by atoms with Crippen molar-refractivity contribution in [3.05, 3.63) is 23.9 Å². The van der Waals surface area contributed by atoms with E-state index in [2.05, 4.69) is 29.9 Å². The summed E-state index contributed by atoms with van der Waals surface area (Å²) in [5, 5.41) is 3.20. The van der Waals surface area contributed by atoms with Crippen LogP contribution in [0.2, 0.25) is 0 Å². The van der Waals surface area contributed by atoms with Gasteiger partial charge in [-0.3, -0.25) is 0 Å². The fourth-order valence-corrected chi connectivity index (χ4v) is 4.01. The molecule has 0 saturated carbocycles. The molecule has 0 aliphatic carbocycles. The average Bonchev–Trinajstić information content (AvgIpc) is 3.07. The lowest BCUT2D eigenvalue weighted by atomic mass is 10.4. The average molecular weight is 410 g/mol. The third-order valence-electron chi connectivity index (χ3n) is 4.45. The number of rotatable bonds is 8. The van der Waals surface area contributed by atoms with Crippen LogP contribution in [0.1, 0.15) is 18.6 Å². The number of hydrogen-bond donors (Lipinski definition) is 2. The zero-order valence-electron chi connectivity index (χ0n) is 16.5. The van der Waals surface area contributed by atoms with Crippen LogP contribution in [0.25, 0.3) is 0 Å². The number of ether oxygens (including phenoxy) is 1. The number of sulfonamides is 1. The summed E-state index contributed by atoms with van der Waals surface area (Å²) >= 11 is 0. The third-order valence-corrected chi connectivity index (χ3v) is 5.78. The molecule has 11 heteroatoms. The molecule has 0 bridgehead atoms. The van der Waals surface area contributed by atoms with Crippen molar-refractivity contribution in [2.45, 2.75) is 32.3 Å².